The zero-order valence-corrected chi connectivity index (χ0v) is 11.8. The predicted octanol–water partition coefficient (Wildman–Crippen LogP) is 3.45. The summed E-state index contributed by atoms with van der Waals surface area (Å²) in [4.78, 5) is 2.08. The van der Waals surface area contributed by atoms with E-state index in [0.717, 1.165) is 11.3 Å². The molecule has 0 heterocycles. The van der Waals surface area contributed by atoms with Crippen LogP contribution in [-0.2, 0) is 10.6 Å². The Morgan fingerprint density at radius 3 is 2.78 bits per heavy atom. The van der Waals surface area contributed by atoms with Gasteiger partial charge in [-0.3, -0.25) is 0 Å². The highest BCUT2D eigenvalue weighted by Gasteiger charge is 2.12. The monoisotopic (exact) mass is 286 g/mol. The summed E-state index contributed by atoms with van der Waals surface area (Å²) in [5.74, 6) is 0.352. The van der Waals surface area contributed by atoms with Crippen molar-refractivity contribution in [1.82, 2.24) is 0 Å². The number of anilines is 1. The number of alkyl halides is 1. The number of methoxy groups -OCH3 is 1. The van der Waals surface area contributed by atoms with Crippen molar-refractivity contribution in [3.8, 4) is 6.07 Å². The molecule has 0 amide bonds. The molecule has 0 bridgehead atoms. The first-order chi connectivity index (χ1) is 8.74. The van der Waals surface area contributed by atoms with Crippen LogP contribution in [0.3, 0.4) is 0 Å². The van der Waals surface area contributed by atoms with Crippen molar-refractivity contribution in [2.45, 2.75) is 12.3 Å². The number of nitriles is 1. The largest absolute Gasteiger partial charge is 0.383 e. The molecule has 0 spiro atoms. The maximum absolute atomic E-state index is 8.71. The van der Waals surface area contributed by atoms with Gasteiger partial charge in [0.25, 0.3) is 0 Å². The molecule has 0 N–H and O–H groups in total. The van der Waals surface area contributed by atoms with Gasteiger partial charge < -0.3 is 9.64 Å². The zero-order chi connectivity index (χ0) is 13.4. The average Bonchev–Trinajstić information content (AvgIpc) is 2.39. The minimum Gasteiger partial charge on any atom is -0.383 e. The van der Waals surface area contributed by atoms with Crippen LogP contribution < -0.4 is 4.90 Å². The van der Waals surface area contributed by atoms with Gasteiger partial charge >= 0.3 is 0 Å². The number of hydrogen-bond acceptors (Lipinski definition) is 3. The SMILES string of the molecule is COCCN(CCC#N)c1cccc(Cl)c1CCl. The van der Waals surface area contributed by atoms with E-state index in [1.807, 2.05) is 18.2 Å². The summed E-state index contributed by atoms with van der Waals surface area (Å²) in [6.07, 6.45) is 0.456. The third-order valence-electron chi connectivity index (χ3n) is 2.63. The Morgan fingerprint density at radius 2 is 2.17 bits per heavy atom. The highest BCUT2D eigenvalue weighted by molar-refractivity contribution is 6.32. The van der Waals surface area contributed by atoms with Crippen molar-refractivity contribution < 1.29 is 4.74 Å². The molecule has 1 rings (SSSR count). The molecule has 98 valence electrons. The van der Waals surface area contributed by atoms with Gasteiger partial charge in [0.15, 0.2) is 0 Å². The molecule has 0 aliphatic carbocycles. The molecule has 3 nitrogen and oxygen atoms in total. The zero-order valence-electron chi connectivity index (χ0n) is 10.3. The fourth-order valence-corrected chi connectivity index (χ4v) is 2.30. The molecule has 0 atom stereocenters. The Morgan fingerprint density at radius 1 is 1.39 bits per heavy atom. The van der Waals surface area contributed by atoms with E-state index in [-0.39, 0.29) is 0 Å². The molecule has 1 aromatic carbocycles. The van der Waals surface area contributed by atoms with Crippen LogP contribution >= 0.6 is 23.2 Å². The summed E-state index contributed by atoms with van der Waals surface area (Å²) in [6, 6.07) is 7.83. The maximum Gasteiger partial charge on any atom is 0.0640 e. The Kier molecular flexibility index (Phi) is 6.89. The number of ether oxygens (including phenoxy) is 1. The van der Waals surface area contributed by atoms with Crippen LogP contribution in [-0.4, -0.2) is 26.8 Å². The normalized spacial score (nSPS) is 10.1. The van der Waals surface area contributed by atoms with Crippen molar-refractivity contribution in [2.75, 3.05) is 31.7 Å². The first-order valence-corrected chi connectivity index (χ1v) is 6.60. The second kappa shape index (κ2) is 8.20. The van der Waals surface area contributed by atoms with Crippen LogP contribution in [0.5, 0.6) is 0 Å². The molecular formula is C13H16Cl2N2O. The molecule has 18 heavy (non-hydrogen) atoms. The first kappa shape index (κ1) is 15.1. The van der Waals surface area contributed by atoms with E-state index in [1.54, 1.807) is 7.11 Å². The van der Waals surface area contributed by atoms with Crippen molar-refractivity contribution in [3.63, 3.8) is 0 Å². The molecule has 0 saturated carbocycles. The van der Waals surface area contributed by atoms with Gasteiger partial charge in [-0.2, -0.15) is 5.26 Å². The van der Waals surface area contributed by atoms with Gasteiger partial charge in [0.1, 0.15) is 0 Å². The van der Waals surface area contributed by atoms with Crippen molar-refractivity contribution in [1.29, 1.82) is 5.26 Å². The van der Waals surface area contributed by atoms with E-state index in [9.17, 15) is 0 Å². The standard InChI is InChI=1S/C13H16Cl2N2O/c1-18-9-8-17(7-3-6-16)13-5-2-4-12(15)11(13)10-14/h2,4-5H,3,7-10H2,1H3. The Balaban J connectivity index is 2.96. The van der Waals surface area contributed by atoms with Gasteiger partial charge in [0.05, 0.1) is 25.0 Å². The molecule has 5 heteroatoms. The van der Waals surface area contributed by atoms with Gasteiger partial charge in [-0.1, -0.05) is 17.7 Å². The van der Waals surface area contributed by atoms with Crippen molar-refractivity contribution >= 4 is 28.9 Å². The molecule has 0 radical (unpaired) electrons. The van der Waals surface area contributed by atoms with Crippen LogP contribution in [0.2, 0.25) is 5.02 Å². The van der Waals surface area contributed by atoms with E-state index in [4.69, 9.17) is 33.2 Å². The number of rotatable bonds is 7. The minimum absolute atomic E-state index is 0.352. The fourth-order valence-electron chi connectivity index (χ4n) is 1.71. The van der Waals surface area contributed by atoms with Crippen LogP contribution in [0.15, 0.2) is 18.2 Å². The summed E-state index contributed by atoms with van der Waals surface area (Å²) in [6.45, 7) is 1.95. The highest BCUT2D eigenvalue weighted by Crippen LogP contribution is 2.29. The van der Waals surface area contributed by atoms with Crippen LogP contribution in [0.25, 0.3) is 0 Å². The van der Waals surface area contributed by atoms with E-state index in [0.29, 0.717) is 37.0 Å². The lowest BCUT2D eigenvalue weighted by molar-refractivity contribution is 0.205. The number of halogens is 2. The molecule has 0 aromatic heterocycles. The van der Waals surface area contributed by atoms with Gasteiger partial charge in [0, 0.05) is 36.5 Å². The van der Waals surface area contributed by atoms with Gasteiger partial charge in [-0.15, -0.1) is 11.6 Å². The van der Waals surface area contributed by atoms with Crippen molar-refractivity contribution in [3.05, 3.63) is 28.8 Å². The Hall–Kier alpha value is -0.950. The molecule has 1 aromatic rings. The minimum atomic E-state index is 0.352. The van der Waals surface area contributed by atoms with Gasteiger partial charge in [0.2, 0.25) is 0 Å². The van der Waals surface area contributed by atoms with Gasteiger partial charge in [-0.05, 0) is 12.1 Å². The predicted molar refractivity (Wildman–Crippen MR) is 75.3 cm³/mol. The van der Waals surface area contributed by atoms with E-state index in [2.05, 4.69) is 11.0 Å². The van der Waals surface area contributed by atoms with E-state index >= 15 is 0 Å². The number of benzene rings is 1. The first-order valence-electron chi connectivity index (χ1n) is 5.68. The average molecular weight is 287 g/mol. The summed E-state index contributed by atoms with van der Waals surface area (Å²) in [5, 5.41) is 9.36. The van der Waals surface area contributed by atoms with Crippen LogP contribution in [0, 0.1) is 11.3 Å². The third kappa shape index (κ3) is 4.06. The van der Waals surface area contributed by atoms with Gasteiger partial charge in [-0.25, -0.2) is 0 Å². The smallest absolute Gasteiger partial charge is 0.0640 e. The van der Waals surface area contributed by atoms with E-state index in [1.165, 1.54) is 0 Å². The number of hydrogen-bond donors (Lipinski definition) is 0. The molecule has 0 aliphatic heterocycles. The Bertz CT molecular complexity index is 418. The summed E-state index contributed by atoms with van der Waals surface area (Å²) in [7, 11) is 1.66. The van der Waals surface area contributed by atoms with Crippen molar-refractivity contribution in [2.24, 2.45) is 0 Å². The fraction of sp³-hybridized carbons (Fsp3) is 0.462. The van der Waals surface area contributed by atoms with E-state index < -0.39 is 0 Å². The summed E-state index contributed by atoms with van der Waals surface area (Å²) < 4.78 is 5.09. The van der Waals surface area contributed by atoms with Crippen LogP contribution in [0.1, 0.15) is 12.0 Å². The second-order valence-electron chi connectivity index (χ2n) is 3.76. The molecule has 0 fully saturated rings. The highest BCUT2D eigenvalue weighted by atomic mass is 35.5. The molecule has 0 saturated heterocycles. The lowest BCUT2D eigenvalue weighted by atomic mass is 10.1. The topological polar surface area (TPSA) is 36.3 Å². The Labute approximate surface area is 118 Å². The third-order valence-corrected chi connectivity index (χ3v) is 3.25. The molecular weight excluding hydrogens is 271 g/mol. The summed E-state index contributed by atoms with van der Waals surface area (Å²) in [5.41, 5.74) is 1.87. The molecule has 0 unspecified atom stereocenters. The van der Waals surface area contributed by atoms with Crippen LogP contribution in [0.4, 0.5) is 5.69 Å². The lowest BCUT2D eigenvalue weighted by Crippen LogP contribution is -2.29. The quantitative estimate of drug-likeness (QED) is 0.721. The lowest BCUT2D eigenvalue weighted by Gasteiger charge is -2.26. The summed E-state index contributed by atoms with van der Waals surface area (Å²) >= 11 is 12.1. The number of nitrogens with zero attached hydrogens (tertiary/aromatic N) is 2. The second-order valence-corrected chi connectivity index (χ2v) is 4.43. The molecule has 0 aliphatic rings. The maximum atomic E-state index is 8.71.